The van der Waals surface area contributed by atoms with Gasteiger partial charge >= 0.3 is 5.97 Å². The second-order valence-electron chi connectivity index (χ2n) is 5.60. The molecule has 0 fully saturated rings. The molecule has 1 heterocycles. The minimum atomic E-state index is -1.08. The number of hydrogen-bond acceptors (Lipinski definition) is 2. The largest absolute Gasteiger partial charge is 0.481 e. The van der Waals surface area contributed by atoms with Gasteiger partial charge in [0.15, 0.2) is 5.78 Å². The highest BCUT2D eigenvalue weighted by atomic mass is 35.5. The summed E-state index contributed by atoms with van der Waals surface area (Å²) in [7, 11) is 1.83. The van der Waals surface area contributed by atoms with Gasteiger partial charge in [0.2, 0.25) is 0 Å². The highest BCUT2D eigenvalue weighted by Gasteiger charge is 2.31. The molecule has 0 saturated heterocycles. The van der Waals surface area contributed by atoms with Crippen LogP contribution >= 0.6 is 11.6 Å². The summed E-state index contributed by atoms with van der Waals surface area (Å²) >= 11 is 5.95. The summed E-state index contributed by atoms with van der Waals surface area (Å²) in [5.74, 6) is -1.15. The predicted molar refractivity (Wildman–Crippen MR) is 78.3 cm³/mol. The van der Waals surface area contributed by atoms with E-state index in [-0.39, 0.29) is 12.2 Å². The lowest BCUT2D eigenvalue weighted by Crippen LogP contribution is -2.26. The molecule has 4 nitrogen and oxygen atoms in total. The summed E-state index contributed by atoms with van der Waals surface area (Å²) in [5.41, 5.74) is 0.313. The molecule has 0 spiro atoms. The molecule has 0 radical (unpaired) electrons. The molecule has 1 aromatic carbocycles. The van der Waals surface area contributed by atoms with Crippen molar-refractivity contribution in [1.29, 1.82) is 0 Å². The maximum absolute atomic E-state index is 12.4. The highest BCUT2D eigenvalue weighted by molar-refractivity contribution is 6.31. The number of fused-ring (bicyclic) bond motifs is 1. The van der Waals surface area contributed by atoms with Crippen molar-refractivity contribution in [2.24, 2.45) is 12.5 Å². The van der Waals surface area contributed by atoms with Gasteiger partial charge < -0.3 is 9.67 Å². The molecule has 1 aromatic heterocycles. The Morgan fingerprint density at radius 3 is 2.60 bits per heavy atom. The summed E-state index contributed by atoms with van der Waals surface area (Å²) < 4.78 is 1.82. The van der Waals surface area contributed by atoms with Crippen molar-refractivity contribution in [2.75, 3.05) is 0 Å². The molecule has 1 N–H and O–H groups in total. The Balaban J connectivity index is 2.44. The van der Waals surface area contributed by atoms with Gasteiger partial charge in [0.05, 0.1) is 5.41 Å². The molecule has 0 bridgehead atoms. The van der Waals surface area contributed by atoms with Crippen molar-refractivity contribution in [3.8, 4) is 0 Å². The van der Waals surface area contributed by atoms with Crippen LogP contribution in [0.4, 0.5) is 0 Å². The lowest BCUT2D eigenvalue weighted by Gasteiger charge is -2.17. The molecule has 0 aliphatic heterocycles. The molecule has 0 saturated carbocycles. The van der Waals surface area contributed by atoms with Gasteiger partial charge in [-0.2, -0.15) is 0 Å². The van der Waals surface area contributed by atoms with E-state index >= 15 is 0 Å². The number of halogens is 1. The SMILES string of the molecule is Cn1cc(C(=O)CC(C)(C)C(=O)O)c2ccc(Cl)cc21. The van der Waals surface area contributed by atoms with Crippen LogP contribution in [0.3, 0.4) is 0 Å². The fourth-order valence-corrected chi connectivity index (χ4v) is 2.32. The molecule has 5 heteroatoms. The van der Waals surface area contributed by atoms with E-state index in [1.165, 1.54) is 0 Å². The first-order valence-electron chi connectivity index (χ1n) is 6.23. The average molecular weight is 294 g/mol. The van der Waals surface area contributed by atoms with Gasteiger partial charge in [-0.25, -0.2) is 0 Å². The van der Waals surface area contributed by atoms with E-state index in [4.69, 9.17) is 16.7 Å². The smallest absolute Gasteiger partial charge is 0.309 e. The molecular weight excluding hydrogens is 278 g/mol. The van der Waals surface area contributed by atoms with Crippen molar-refractivity contribution in [3.05, 3.63) is 35.0 Å². The molecule has 20 heavy (non-hydrogen) atoms. The molecule has 0 unspecified atom stereocenters. The van der Waals surface area contributed by atoms with Crippen LogP contribution in [0.15, 0.2) is 24.4 Å². The van der Waals surface area contributed by atoms with Crippen LogP contribution in [0, 0.1) is 5.41 Å². The zero-order valence-corrected chi connectivity index (χ0v) is 12.4. The molecule has 0 atom stereocenters. The molecule has 2 rings (SSSR count). The maximum atomic E-state index is 12.4. The monoisotopic (exact) mass is 293 g/mol. The van der Waals surface area contributed by atoms with Crippen molar-refractivity contribution in [3.63, 3.8) is 0 Å². The fraction of sp³-hybridized carbons (Fsp3) is 0.333. The summed E-state index contributed by atoms with van der Waals surface area (Å²) in [4.78, 5) is 23.5. The number of carbonyl (C=O) groups excluding carboxylic acids is 1. The topological polar surface area (TPSA) is 59.3 Å². The third-order valence-corrected chi connectivity index (χ3v) is 3.67. The normalized spacial score (nSPS) is 11.8. The Hall–Kier alpha value is -1.81. The molecule has 2 aromatic rings. The van der Waals surface area contributed by atoms with Gasteiger partial charge in [-0.05, 0) is 26.0 Å². The van der Waals surface area contributed by atoms with Crippen LogP contribution in [0.5, 0.6) is 0 Å². The minimum Gasteiger partial charge on any atom is -0.481 e. The summed E-state index contributed by atoms with van der Waals surface area (Å²) in [6, 6.07) is 5.30. The molecule has 0 amide bonds. The van der Waals surface area contributed by atoms with Crippen LogP contribution in [-0.2, 0) is 11.8 Å². The number of aromatic nitrogens is 1. The number of aliphatic carboxylic acids is 1. The zero-order valence-electron chi connectivity index (χ0n) is 11.6. The number of ketones is 1. The van der Waals surface area contributed by atoms with Crippen molar-refractivity contribution in [1.82, 2.24) is 4.57 Å². The van der Waals surface area contributed by atoms with Gasteiger partial charge in [0, 0.05) is 41.2 Å². The number of benzene rings is 1. The van der Waals surface area contributed by atoms with E-state index in [0.29, 0.717) is 10.6 Å². The Bertz CT molecular complexity index is 700. The Morgan fingerprint density at radius 2 is 2.00 bits per heavy atom. The number of rotatable bonds is 4. The number of nitrogens with zero attached hydrogens (tertiary/aromatic N) is 1. The third-order valence-electron chi connectivity index (χ3n) is 3.43. The standard InChI is InChI=1S/C15H16ClNO3/c1-15(2,14(19)20)7-13(18)11-8-17(3)12-6-9(16)4-5-10(11)12/h4-6,8H,7H2,1-3H3,(H,19,20). The van der Waals surface area contributed by atoms with E-state index in [2.05, 4.69) is 0 Å². The fourth-order valence-electron chi connectivity index (χ4n) is 2.15. The number of carboxylic acids is 1. The number of Topliss-reactive ketones (excluding diaryl/α,β-unsaturated/α-hetero) is 1. The Kier molecular flexibility index (Phi) is 3.61. The van der Waals surface area contributed by atoms with Crippen LogP contribution in [-0.4, -0.2) is 21.4 Å². The second-order valence-corrected chi connectivity index (χ2v) is 6.04. The van der Waals surface area contributed by atoms with Gasteiger partial charge in [-0.3, -0.25) is 9.59 Å². The van der Waals surface area contributed by atoms with Crippen LogP contribution < -0.4 is 0 Å². The molecular formula is C15H16ClNO3. The lowest BCUT2D eigenvalue weighted by atomic mass is 9.85. The van der Waals surface area contributed by atoms with E-state index < -0.39 is 11.4 Å². The second kappa shape index (κ2) is 4.94. The van der Waals surface area contributed by atoms with Gasteiger partial charge in [-0.1, -0.05) is 17.7 Å². The van der Waals surface area contributed by atoms with Crippen molar-refractivity contribution >= 4 is 34.3 Å². The van der Waals surface area contributed by atoms with Crippen LogP contribution in [0.1, 0.15) is 30.6 Å². The van der Waals surface area contributed by atoms with Crippen LogP contribution in [0.25, 0.3) is 10.9 Å². The summed E-state index contributed by atoms with van der Waals surface area (Å²) in [5, 5.41) is 10.5. The maximum Gasteiger partial charge on any atom is 0.309 e. The first-order chi connectivity index (χ1) is 9.22. The first-order valence-corrected chi connectivity index (χ1v) is 6.61. The lowest BCUT2D eigenvalue weighted by molar-refractivity contribution is -0.146. The number of carbonyl (C=O) groups is 2. The number of hydrogen-bond donors (Lipinski definition) is 1. The minimum absolute atomic E-state index is 0.0376. The first kappa shape index (κ1) is 14.6. The average Bonchev–Trinajstić information content (AvgIpc) is 2.66. The van der Waals surface area contributed by atoms with E-state index in [1.807, 2.05) is 11.6 Å². The van der Waals surface area contributed by atoms with Crippen molar-refractivity contribution < 1.29 is 14.7 Å². The van der Waals surface area contributed by atoms with Gasteiger partial charge in [0.25, 0.3) is 0 Å². The third kappa shape index (κ3) is 2.56. The van der Waals surface area contributed by atoms with E-state index in [0.717, 1.165) is 10.9 Å². The number of aryl methyl sites for hydroxylation is 1. The van der Waals surface area contributed by atoms with Gasteiger partial charge in [0.1, 0.15) is 0 Å². The molecule has 0 aliphatic carbocycles. The highest BCUT2D eigenvalue weighted by Crippen LogP contribution is 2.29. The summed E-state index contributed by atoms with van der Waals surface area (Å²) in [6.45, 7) is 3.10. The molecule has 106 valence electrons. The van der Waals surface area contributed by atoms with E-state index in [9.17, 15) is 9.59 Å². The Labute approximate surface area is 122 Å². The van der Waals surface area contributed by atoms with Crippen molar-refractivity contribution in [2.45, 2.75) is 20.3 Å². The quantitative estimate of drug-likeness (QED) is 0.878. The number of carboxylic acid groups (broad SMARTS) is 1. The predicted octanol–water partition coefficient (Wildman–Crippen LogP) is 3.52. The summed E-state index contributed by atoms with van der Waals surface area (Å²) in [6.07, 6.45) is 1.69. The van der Waals surface area contributed by atoms with E-state index in [1.54, 1.807) is 38.2 Å². The molecule has 0 aliphatic rings. The Morgan fingerprint density at radius 1 is 1.35 bits per heavy atom. The van der Waals surface area contributed by atoms with Gasteiger partial charge in [-0.15, -0.1) is 0 Å². The zero-order chi connectivity index (χ0) is 15.1. The van der Waals surface area contributed by atoms with Crippen LogP contribution in [0.2, 0.25) is 5.02 Å².